The SMILES string of the molecule is Cc1ccc(F)cc1NC(=O)COc1ccc(S(=O)(=O)N2CCCC2)cc1. The van der Waals surface area contributed by atoms with E-state index in [0.717, 1.165) is 18.4 Å². The monoisotopic (exact) mass is 392 g/mol. The van der Waals surface area contributed by atoms with Crippen molar-refractivity contribution in [3.8, 4) is 5.75 Å². The summed E-state index contributed by atoms with van der Waals surface area (Å²) in [4.78, 5) is 12.2. The Morgan fingerprint density at radius 3 is 2.48 bits per heavy atom. The first kappa shape index (κ1) is 19.3. The third-order valence-corrected chi connectivity index (χ3v) is 6.28. The lowest BCUT2D eigenvalue weighted by Gasteiger charge is -2.15. The van der Waals surface area contributed by atoms with E-state index < -0.39 is 21.7 Å². The standard InChI is InChI=1S/C19H21FN2O4S/c1-14-4-5-15(20)12-18(14)21-19(23)13-26-16-6-8-17(9-7-16)27(24,25)22-10-2-3-11-22/h4-9,12H,2-3,10-11,13H2,1H3,(H,21,23). The predicted molar refractivity (Wildman–Crippen MR) is 99.7 cm³/mol. The van der Waals surface area contributed by atoms with Crippen molar-refractivity contribution >= 4 is 21.6 Å². The summed E-state index contributed by atoms with van der Waals surface area (Å²) in [5.74, 6) is -0.495. The van der Waals surface area contributed by atoms with E-state index in [2.05, 4.69) is 5.32 Å². The van der Waals surface area contributed by atoms with Gasteiger partial charge in [0.05, 0.1) is 4.90 Å². The number of rotatable bonds is 6. The molecule has 1 N–H and O–H groups in total. The molecule has 0 bridgehead atoms. The van der Waals surface area contributed by atoms with E-state index in [0.29, 0.717) is 24.5 Å². The highest BCUT2D eigenvalue weighted by molar-refractivity contribution is 7.89. The third kappa shape index (κ3) is 4.64. The number of aryl methyl sites for hydroxylation is 1. The summed E-state index contributed by atoms with van der Waals surface area (Å²) in [5.41, 5.74) is 1.12. The van der Waals surface area contributed by atoms with E-state index in [1.807, 2.05) is 0 Å². The van der Waals surface area contributed by atoms with E-state index >= 15 is 0 Å². The molecule has 0 spiro atoms. The Morgan fingerprint density at radius 2 is 1.81 bits per heavy atom. The normalized spacial score (nSPS) is 14.9. The molecule has 2 aromatic carbocycles. The van der Waals surface area contributed by atoms with Gasteiger partial charge < -0.3 is 10.1 Å². The smallest absolute Gasteiger partial charge is 0.262 e. The first-order chi connectivity index (χ1) is 12.9. The van der Waals surface area contributed by atoms with Crippen LogP contribution in [0.2, 0.25) is 0 Å². The molecule has 144 valence electrons. The number of amides is 1. The minimum Gasteiger partial charge on any atom is -0.484 e. The molecule has 0 atom stereocenters. The van der Waals surface area contributed by atoms with Gasteiger partial charge in [0.1, 0.15) is 11.6 Å². The van der Waals surface area contributed by atoms with Crippen LogP contribution >= 0.6 is 0 Å². The van der Waals surface area contributed by atoms with Crippen LogP contribution in [0.1, 0.15) is 18.4 Å². The lowest BCUT2D eigenvalue weighted by atomic mass is 10.2. The first-order valence-electron chi connectivity index (χ1n) is 8.65. The van der Waals surface area contributed by atoms with Crippen molar-refractivity contribution in [3.05, 3.63) is 53.8 Å². The van der Waals surface area contributed by atoms with Gasteiger partial charge in [-0.15, -0.1) is 0 Å². The van der Waals surface area contributed by atoms with E-state index in [1.54, 1.807) is 13.0 Å². The van der Waals surface area contributed by atoms with Gasteiger partial charge in [0, 0.05) is 18.8 Å². The Morgan fingerprint density at radius 1 is 1.15 bits per heavy atom. The molecule has 1 heterocycles. The largest absolute Gasteiger partial charge is 0.484 e. The quantitative estimate of drug-likeness (QED) is 0.820. The molecule has 0 aliphatic carbocycles. The van der Waals surface area contributed by atoms with Crippen LogP contribution in [0, 0.1) is 12.7 Å². The van der Waals surface area contributed by atoms with Gasteiger partial charge in [-0.1, -0.05) is 6.07 Å². The fourth-order valence-electron chi connectivity index (χ4n) is 2.85. The van der Waals surface area contributed by atoms with E-state index in [4.69, 9.17) is 4.74 Å². The fourth-order valence-corrected chi connectivity index (χ4v) is 4.37. The maximum Gasteiger partial charge on any atom is 0.262 e. The van der Waals surface area contributed by atoms with Crippen molar-refractivity contribution < 1.29 is 22.3 Å². The minimum atomic E-state index is -3.47. The number of sulfonamides is 1. The molecular weight excluding hydrogens is 371 g/mol. The van der Waals surface area contributed by atoms with Gasteiger partial charge in [-0.2, -0.15) is 4.31 Å². The first-order valence-corrected chi connectivity index (χ1v) is 10.1. The average molecular weight is 392 g/mol. The van der Waals surface area contributed by atoms with Crippen molar-refractivity contribution in [1.29, 1.82) is 0 Å². The van der Waals surface area contributed by atoms with Gasteiger partial charge in [0.25, 0.3) is 5.91 Å². The fraction of sp³-hybridized carbons (Fsp3) is 0.316. The summed E-state index contributed by atoms with van der Waals surface area (Å²) in [6.45, 7) is 2.57. The molecule has 2 aromatic rings. The number of ether oxygens (including phenoxy) is 1. The Balaban J connectivity index is 1.58. The van der Waals surface area contributed by atoms with Crippen molar-refractivity contribution in [2.45, 2.75) is 24.7 Å². The molecule has 0 unspecified atom stereocenters. The Bertz CT molecular complexity index is 923. The Kier molecular flexibility index (Phi) is 5.76. The number of anilines is 1. The molecule has 1 saturated heterocycles. The second-order valence-corrected chi connectivity index (χ2v) is 8.32. The highest BCUT2D eigenvalue weighted by Gasteiger charge is 2.26. The molecule has 3 rings (SSSR count). The van der Waals surface area contributed by atoms with Crippen LogP contribution in [0.25, 0.3) is 0 Å². The zero-order chi connectivity index (χ0) is 19.4. The number of carbonyl (C=O) groups excluding carboxylic acids is 1. The molecule has 1 aliphatic heterocycles. The molecule has 1 amide bonds. The molecule has 1 aliphatic rings. The van der Waals surface area contributed by atoms with Crippen molar-refractivity contribution in [1.82, 2.24) is 4.31 Å². The number of carbonyl (C=O) groups is 1. The number of benzene rings is 2. The van der Waals surface area contributed by atoms with Crippen LogP contribution in [0.3, 0.4) is 0 Å². The number of hydrogen-bond acceptors (Lipinski definition) is 4. The summed E-state index contributed by atoms with van der Waals surface area (Å²) < 4.78 is 45.0. The van der Waals surface area contributed by atoms with Gasteiger partial charge in [0.15, 0.2) is 6.61 Å². The zero-order valence-corrected chi connectivity index (χ0v) is 15.8. The van der Waals surface area contributed by atoms with Crippen molar-refractivity contribution in [2.75, 3.05) is 25.0 Å². The summed E-state index contributed by atoms with van der Waals surface area (Å²) in [7, 11) is -3.47. The maximum absolute atomic E-state index is 13.3. The average Bonchev–Trinajstić information content (AvgIpc) is 3.19. The minimum absolute atomic E-state index is 0.205. The molecule has 0 saturated carbocycles. The second-order valence-electron chi connectivity index (χ2n) is 6.38. The second kappa shape index (κ2) is 8.06. The van der Waals surface area contributed by atoms with Crippen molar-refractivity contribution in [2.24, 2.45) is 0 Å². The Labute approximate surface area is 158 Å². The van der Waals surface area contributed by atoms with Gasteiger partial charge >= 0.3 is 0 Å². The van der Waals surface area contributed by atoms with Crippen LogP contribution in [0.15, 0.2) is 47.4 Å². The number of hydrogen-bond donors (Lipinski definition) is 1. The van der Waals surface area contributed by atoms with Gasteiger partial charge in [-0.05, 0) is 61.7 Å². The maximum atomic E-state index is 13.3. The highest BCUT2D eigenvalue weighted by Crippen LogP contribution is 2.23. The van der Waals surface area contributed by atoms with E-state index in [1.165, 1.54) is 40.7 Å². The lowest BCUT2D eigenvalue weighted by Crippen LogP contribution is -2.27. The molecule has 8 heteroatoms. The van der Waals surface area contributed by atoms with Crippen LogP contribution in [-0.4, -0.2) is 38.3 Å². The molecule has 1 fully saturated rings. The van der Waals surface area contributed by atoms with Gasteiger partial charge in [-0.3, -0.25) is 4.79 Å². The number of nitrogens with one attached hydrogen (secondary N) is 1. The number of halogens is 1. The Hall–Kier alpha value is -2.45. The van der Waals surface area contributed by atoms with E-state index in [9.17, 15) is 17.6 Å². The number of nitrogens with zero attached hydrogens (tertiary/aromatic N) is 1. The lowest BCUT2D eigenvalue weighted by molar-refractivity contribution is -0.118. The zero-order valence-electron chi connectivity index (χ0n) is 14.9. The third-order valence-electron chi connectivity index (χ3n) is 4.37. The van der Waals surface area contributed by atoms with Gasteiger partial charge in [0.2, 0.25) is 10.0 Å². The van der Waals surface area contributed by atoms with Crippen molar-refractivity contribution in [3.63, 3.8) is 0 Å². The van der Waals surface area contributed by atoms with Crippen LogP contribution in [0.4, 0.5) is 10.1 Å². The molecule has 27 heavy (non-hydrogen) atoms. The van der Waals surface area contributed by atoms with Crippen LogP contribution in [-0.2, 0) is 14.8 Å². The van der Waals surface area contributed by atoms with Gasteiger partial charge in [-0.25, -0.2) is 12.8 Å². The molecule has 0 aromatic heterocycles. The van der Waals surface area contributed by atoms with Crippen LogP contribution < -0.4 is 10.1 Å². The van der Waals surface area contributed by atoms with E-state index in [-0.39, 0.29) is 11.5 Å². The topological polar surface area (TPSA) is 75.7 Å². The van der Waals surface area contributed by atoms with Crippen LogP contribution in [0.5, 0.6) is 5.75 Å². The molecule has 6 nitrogen and oxygen atoms in total. The summed E-state index contributed by atoms with van der Waals surface area (Å²) >= 11 is 0. The molecule has 0 radical (unpaired) electrons. The summed E-state index contributed by atoms with van der Waals surface area (Å²) in [6, 6.07) is 10.1. The predicted octanol–water partition coefficient (Wildman–Crippen LogP) is 2.94. The summed E-state index contributed by atoms with van der Waals surface area (Å²) in [5, 5.41) is 2.59. The molecular formula is C19H21FN2O4S. The summed E-state index contributed by atoms with van der Waals surface area (Å²) in [6.07, 6.45) is 1.75. The highest BCUT2D eigenvalue weighted by atomic mass is 32.2.